The van der Waals surface area contributed by atoms with Gasteiger partial charge in [-0.05, 0) is 42.0 Å². The molecule has 0 saturated carbocycles. The molecule has 8 heteroatoms. The maximum absolute atomic E-state index is 12.5. The number of rotatable bonds is 6. The Hall–Kier alpha value is -4.46. The van der Waals surface area contributed by atoms with E-state index in [1.165, 1.54) is 12.0 Å². The minimum atomic E-state index is -0.544. The van der Waals surface area contributed by atoms with E-state index in [2.05, 4.69) is 5.32 Å². The summed E-state index contributed by atoms with van der Waals surface area (Å²) in [6.07, 6.45) is 1.22. The first kappa shape index (κ1) is 21.8. The fourth-order valence-electron chi connectivity index (χ4n) is 3.35. The Balaban J connectivity index is 1.47. The molecule has 168 valence electrons. The summed E-state index contributed by atoms with van der Waals surface area (Å²) in [4.78, 5) is 28.3. The number of nitrogens with zero attached hydrogens (tertiary/aromatic N) is 2. The number of benzene rings is 3. The number of nitrogen functional groups attached to an aromatic ring is 1. The van der Waals surface area contributed by atoms with Gasteiger partial charge in [-0.25, -0.2) is 9.69 Å². The van der Waals surface area contributed by atoms with E-state index in [1.54, 1.807) is 54.7 Å². The largest absolute Gasteiger partial charge is 0.456 e. The van der Waals surface area contributed by atoms with Gasteiger partial charge in [0.15, 0.2) is 6.73 Å². The van der Waals surface area contributed by atoms with E-state index in [1.807, 2.05) is 35.2 Å². The molecule has 0 aliphatic carbocycles. The lowest BCUT2D eigenvalue weighted by molar-refractivity contribution is 0.0925. The Kier molecular flexibility index (Phi) is 6.45. The summed E-state index contributed by atoms with van der Waals surface area (Å²) in [5.41, 5.74) is 9.16. The molecule has 0 atom stereocenters. The van der Waals surface area contributed by atoms with Gasteiger partial charge in [-0.15, -0.1) is 0 Å². The van der Waals surface area contributed by atoms with E-state index in [9.17, 15) is 9.59 Å². The second-order valence-electron chi connectivity index (χ2n) is 7.34. The quantitative estimate of drug-likeness (QED) is 0.548. The molecule has 1 heterocycles. The molecule has 3 N–H and O–H groups in total. The summed E-state index contributed by atoms with van der Waals surface area (Å²) in [6, 6.07) is 23.7. The van der Waals surface area contributed by atoms with Crippen LogP contribution in [0.2, 0.25) is 0 Å². The van der Waals surface area contributed by atoms with Crippen LogP contribution < -0.4 is 16.0 Å². The van der Waals surface area contributed by atoms with Crippen LogP contribution in [0, 0.1) is 0 Å². The van der Waals surface area contributed by atoms with Crippen LogP contribution in [0.3, 0.4) is 0 Å². The van der Waals surface area contributed by atoms with Crippen molar-refractivity contribution >= 4 is 29.1 Å². The van der Waals surface area contributed by atoms with Crippen LogP contribution in [-0.4, -0.2) is 30.7 Å². The molecule has 8 nitrogen and oxygen atoms in total. The molecule has 2 amide bonds. The standard InChI is InChI=1S/C25H24N4O4/c1-32-25(31)29(23-16-28(17-33-23)20-7-3-2-4-8-20)15-18-11-13-19(14-12-18)24(30)27-22-10-6-5-9-21(22)26/h2-14,16H,15,17,26H2,1H3,(H,27,30). The van der Waals surface area contributed by atoms with Gasteiger partial charge in [0, 0.05) is 11.3 Å². The van der Waals surface area contributed by atoms with E-state index in [-0.39, 0.29) is 19.2 Å². The molecular formula is C25H24N4O4. The lowest BCUT2D eigenvalue weighted by Gasteiger charge is -2.21. The van der Waals surface area contributed by atoms with Crippen molar-refractivity contribution in [2.45, 2.75) is 6.54 Å². The SMILES string of the molecule is COC(=O)N(Cc1ccc(C(=O)Nc2ccccc2N)cc1)C1=CN(c2ccccc2)CO1. The van der Waals surface area contributed by atoms with Crippen LogP contribution >= 0.6 is 0 Å². The van der Waals surface area contributed by atoms with Crippen LogP contribution in [-0.2, 0) is 16.0 Å². The van der Waals surface area contributed by atoms with E-state index in [0.717, 1.165) is 11.3 Å². The highest BCUT2D eigenvalue weighted by molar-refractivity contribution is 6.05. The third kappa shape index (κ3) is 5.07. The van der Waals surface area contributed by atoms with Crippen LogP contribution in [0.15, 0.2) is 90.9 Å². The van der Waals surface area contributed by atoms with E-state index in [0.29, 0.717) is 22.8 Å². The van der Waals surface area contributed by atoms with Crippen LogP contribution in [0.25, 0.3) is 0 Å². The number of carbonyl (C=O) groups excluding carboxylic acids is 2. The molecule has 1 aliphatic heterocycles. The first-order valence-corrected chi connectivity index (χ1v) is 10.3. The summed E-state index contributed by atoms with van der Waals surface area (Å²) in [5, 5.41) is 2.80. The number of nitrogens with two attached hydrogens (primary N) is 1. The predicted octanol–water partition coefficient (Wildman–Crippen LogP) is 4.38. The van der Waals surface area contributed by atoms with Gasteiger partial charge >= 0.3 is 6.09 Å². The molecule has 0 fully saturated rings. The van der Waals surface area contributed by atoms with Gasteiger partial charge in [0.05, 0.1) is 31.2 Å². The van der Waals surface area contributed by atoms with Gasteiger partial charge in [0.2, 0.25) is 5.88 Å². The Bertz CT molecular complexity index is 1160. The summed E-state index contributed by atoms with van der Waals surface area (Å²) in [7, 11) is 1.32. The smallest absolute Gasteiger partial charge is 0.416 e. The fourth-order valence-corrected chi connectivity index (χ4v) is 3.35. The number of amides is 2. The number of carbonyl (C=O) groups is 2. The number of methoxy groups -OCH3 is 1. The van der Waals surface area contributed by atoms with Crippen molar-refractivity contribution in [2.75, 3.05) is 29.8 Å². The van der Waals surface area contributed by atoms with Crippen LogP contribution in [0.4, 0.5) is 21.9 Å². The molecule has 0 saturated heterocycles. The number of para-hydroxylation sites is 3. The predicted molar refractivity (Wildman–Crippen MR) is 126 cm³/mol. The number of nitrogens with one attached hydrogen (secondary N) is 1. The minimum Gasteiger partial charge on any atom is -0.456 e. The van der Waals surface area contributed by atoms with Crippen molar-refractivity contribution in [2.24, 2.45) is 0 Å². The zero-order valence-corrected chi connectivity index (χ0v) is 18.1. The lowest BCUT2D eigenvalue weighted by Crippen LogP contribution is -2.30. The van der Waals surface area contributed by atoms with Crippen molar-refractivity contribution in [1.82, 2.24) is 4.90 Å². The van der Waals surface area contributed by atoms with Gasteiger partial charge < -0.3 is 25.4 Å². The highest BCUT2D eigenvalue weighted by Gasteiger charge is 2.26. The molecule has 33 heavy (non-hydrogen) atoms. The first-order valence-electron chi connectivity index (χ1n) is 10.3. The topological polar surface area (TPSA) is 97.1 Å². The average molecular weight is 444 g/mol. The maximum atomic E-state index is 12.5. The second kappa shape index (κ2) is 9.78. The summed E-state index contributed by atoms with van der Waals surface area (Å²) in [5.74, 6) is 0.108. The molecule has 0 aromatic heterocycles. The fraction of sp³-hybridized carbons (Fsp3) is 0.120. The van der Waals surface area contributed by atoms with E-state index < -0.39 is 6.09 Å². The number of anilines is 3. The molecule has 4 rings (SSSR count). The average Bonchev–Trinajstić information content (AvgIpc) is 3.34. The Morgan fingerprint density at radius 1 is 1.03 bits per heavy atom. The number of hydrogen-bond donors (Lipinski definition) is 2. The van der Waals surface area contributed by atoms with Gasteiger partial charge in [-0.1, -0.05) is 42.5 Å². The first-order chi connectivity index (χ1) is 16.0. The number of hydrogen-bond acceptors (Lipinski definition) is 6. The van der Waals surface area contributed by atoms with E-state index in [4.69, 9.17) is 15.2 Å². The van der Waals surface area contributed by atoms with Gasteiger partial charge in [0.1, 0.15) is 0 Å². The van der Waals surface area contributed by atoms with Gasteiger partial charge in [-0.3, -0.25) is 4.79 Å². The lowest BCUT2D eigenvalue weighted by atomic mass is 10.1. The minimum absolute atomic E-state index is 0.217. The van der Waals surface area contributed by atoms with Crippen molar-refractivity contribution in [1.29, 1.82) is 0 Å². The summed E-state index contributed by atoms with van der Waals surface area (Å²) >= 11 is 0. The molecule has 3 aromatic carbocycles. The number of ether oxygens (including phenoxy) is 2. The maximum Gasteiger partial charge on any atom is 0.416 e. The van der Waals surface area contributed by atoms with Crippen LogP contribution in [0.5, 0.6) is 0 Å². The molecule has 3 aromatic rings. The van der Waals surface area contributed by atoms with Crippen molar-refractivity contribution in [3.05, 3.63) is 102 Å². The highest BCUT2D eigenvalue weighted by Crippen LogP contribution is 2.25. The summed E-state index contributed by atoms with van der Waals surface area (Å²) in [6.45, 7) is 0.503. The van der Waals surface area contributed by atoms with E-state index >= 15 is 0 Å². The summed E-state index contributed by atoms with van der Waals surface area (Å²) < 4.78 is 10.7. The zero-order chi connectivity index (χ0) is 23.2. The molecular weight excluding hydrogens is 420 g/mol. The monoisotopic (exact) mass is 444 g/mol. The van der Waals surface area contributed by atoms with Gasteiger partial charge in [0.25, 0.3) is 5.91 Å². The normalized spacial score (nSPS) is 12.5. The Morgan fingerprint density at radius 3 is 2.42 bits per heavy atom. The molecule has 0 spiro atoms. The molecule has 0 unspecified atom stereocenters. The Labute approximate surface area is 191 Å². The third-order valence-electron chi connectivity index (χ3n) is 5.13. The van der Waals surface area contributed by atoms with Crippen molar-refractivity contribution < 1.29 is 19.1 Å². The third-order valence-corrected chi connectivity index (χ3v) is 5.13. The van der Waals surface area contributed by atoms with Gasteiger partial charge in [-0.2, -0.15) is 0 Å². The Morgan fingerprint density at radius 2 is 1.73 bits per heavy atom. The molecule has 0 bridgehead atoms. The zero-order valence-electron chi connectivity index (χ0n) is 18.1. The molecule has 1 aliphatic rings. The van der Waals surface area contributed by atoms with Crippen molar-refractivity contribution in [3.8, 4) is 0 Å². The second-order valence-corrected chi connectivity index (χ2v) is 7.34. The highest BCUT2D eigenvalue weighted by atomic mass is 16.6. The van der Waals surface area contributed by atoms with Crippen molar-refractivity contribution in [3.63, 3.8) is 0 Å². The molecule has 0 radical (unpaired) electrons. The van der Waals surface area contributed by atoms with Crippen LogP contribution in [0.1, 0.15) is 15.9 Å².